The molecule has 0 aliphatic carbocycles. The summed E-state index contributed by atoms with van der Waals surface area (Å²) in [6.07, 6.45) is 13.0. The zero-order chi connectivity index (χ0) is 28.5. The normalized spacial score (nSPS) is 13.4. The van der Waals surface area contributed by atoms with Gasteiger partial charge in [-0.1, -0.05) is 111 Å². The Morgan fingerprint density at radius 3 is 1.32 bits per heavy atom. The van der Waals surface area contributed by atoms with Crippen LogP contribution in [0.5, 0.6) is 0 Å². The average molecular weight is 583 g/mol. The number of hydrogen-bond acceptors (Lipinski definition) is 4. The molecule has 0 aliphatic heterocycles. The predicted octanol–water partition coefficient (Wildman–Crippen LogP) is 6.57. The van der Waals surface area contributed by atoms with Crippen molar-refractivity contribution in [1.82, 2.24) is 19.9 Å². The molecule has 0 bridgehead atoms. The van der Waals surface area contributed by atoms with E-state index in [1.54, 1.807) is 28.3 Å². The van der Waals surface area contributed by atoms with Crippen molar-refractivity contribution in [3.05, 3.63) is 60.4 Å². The van der Waals surface area contributed by atoms with Gasteiger partial charge in [-0.25, -0.2) is 0 Å². The van der Waals surface area contributed by atoms with E-state index in [0.29, 0.717) is 0 Å². The van der Waals surface area contributed by atoms with Crippen molar-refractivity contribution in [2.45, 2.75) is 103 Å². The van der Waals surface area contributed by atoms with E-state index in [9.17, 15) is 0 Å². The van der Waals surface area contributed by atoms with Crippen molar-refractivity contribution in [2.24, 2.45) is 0 Å². The van der Waals surface area contributed by atoms with Crippen molar-refractivity contribution < 1.29 is 0 Å². The van der Waals surface area contributed by atoms with Crippen LogP contribution in [-0.4, -0.2) is 46.4 Å². The van der Waals surface area contributed by atoms with Crippen LogP contribution in [0.25, 0.3) is 0 Å². The van der Waals surface area contributed by atoms with E-state index in [1.165, 1.54) is 5.56 Å². The third kappa shape index (κ3) is 7.87. The first-order valence-corrected chi connectivity index (χ1v) is 23.7. The molecule has 3 aromatic rings. The minimum atomic E-state index is -1.57. The SMILES string of the molecule is CC(C)(C)P(Cc1cc([Si](C)(C)C)c([Si](C)(C)C)cc1CP(c1cnccn1)c1cnccn1)C(C)(C)C. The van der Waals surface area contributed by atoms with Gasteiger partial charge in [0.1, 0.15) is 0 Å². The lowest BCUT2D eigenvalue weighted by Gasteiger charge is -2.42. The van der Waals surface area contributed by atoms with E-state index in [0.717, 1.165) is 23.2 Å². The van der Waals surface area contributed by atoms with Crippen molar-refractivity contribution in [3.63, 3.8) is 0 Å². The molecule has 0 fully saturated rings. The van der Waals surface area contributed by atoms with Gasteiger partial charge in [0.05, 0.1) is 39.4 Å². The van der Waals surface area contributed by atoms with Crippen LogP contribution in [0.4, 0.5) is 0 Å². The molecular weight excluding hydrogens is 534 g/mol. The molecule has 0 saturated carbocycles. The molecular formula is C30H48N4P2Si2. The Morgan fingerprint density at radius 1 is 0.605 bits per heavy atom. The molecule has 0 atom stereocenters. The van der Waals surface area contributed by atoms with Crippen molar-refractivity contribution in [3.8, 4) is 0 Å². The summed E-state index contributed by atoms with van der Waals surface area (Å²) in [6, 6.07) is 5.28. The minimum absolute atomic E-state index is 0.266. The third-order valence-electron chi connectivity index (χ3n) is 6.88. The molecule has 0 aliphatic rings. The zero-order valence-electron chi connectivity index (χ0n) is 25.7. The first kappa shape index (κ1) is 31.2. The Balaban J connectivity index is 2.28. The van der Waals surface area contributed by atoms with E-state index in [1.807, 2.05) is 24.8 Å². The quantitative estimate of drug-likeness (QED) is 0.223. The van der Waals surface area contributed by atoms with Gasteiger partial charge in [0, 0.05) is 38.9 Å². The molecule has 2 aromatic heterocycles. The van der Waals surface area contributed by atoms with Gasteiger partial charge in [0.15, 0.2) is 0 Å². The van der Waals surface area contributed by atoms with E-state index in [2.05, 4.69) is 103 Å². The lowest BCUT2D eigenvalue weighted by molar-refractivity contribution is 0.702. The highest BCUT2D eigenvalue weighted by molar-refractivity contribution is 7.71. The van der Waals surface area contributed by atoms with Crippen LogP contribution in [0.15, 0.2) is 49.3 Å². The summed E-state index contributed by atoms with van der Waals surface area (Å²) in [7, 11) is -4.22. The Kier molecular flexibility index (Phi) is 9.57. The van der Waals surface area contributed by atoms with Crippen LogP contribution >= 0.6 is 15.8 Å². The first-order chi connectivity index (χ1) is 17.4. The minimum Gasteiger partial charge on any atom is -0.261 e. The summed E-state index contributed by atoms with van der Waals surface area (Å²) in [5, 5.41) is 3.83. The summed E-state index contributed by atoms with van der Waals surface area (Å²) < 4.78 is 0. The number of benzene rings is 1. The molecule has 206 valence electrons. The number of rotatable bonds is 8. The second-order valence-corrected chi connectivity index (χ2v) is 30.3. The predicted molar refractivity (Wildman–Crippen MR) is 176 cm³/mol. The molecule has 4 nitrogen and oxygen atoms in total. The highest BCUT2D eigenvalue weighted by atomic mass is 31.1. The number of hydrogen-bond donors (Lipinski definition) is 0. The van der Waals surface area contributed by atoms with Crippen LogP contribution in [0.1, 0.15) is 52.7 Å². The van der Waals surface area contributed by atoms with Gasteiger partial charge in [-0.2, -0.15) is 0 Å². The maximum atomic E-state index is 4.77. The maximum Gasteiger partial charge on any atom is 0.0877 e. The zero-order valence-corrected chi connectivity index (χ0v) is 29.5. The fourth-order valence-corrected chi connectivity index (χ4v) is 16.0. The van der Waals surface area contributed by atoms with Gasteiger partial charge in [-0.05, 0) is 27.6 Å². The first-order valence-electron chi connectivity index (χ1n) is 13.6. The van der Waals surface area contributed by atoms with Crippen LogP contribution in [0, 0.1) is 0 Å². The fourth-order valence-electron chi connectivity index (χ4n) is 5.19. The van der Waals surface area contributed by atoms with Gasteiger partial charge >= 0.3 is 0 Å². The Bertz CT molecular complexity index is 1160. The largest absolute Gasteiger partial charge is 0.261 e. The van der Waals surface area contributed by atoms with Crippen LogP contribution in [-0.2, 0) is 12.3 Å². The Morgan fingerprint density at radius 2 is 1.00 bits per heavy atom. The fraction of sp³-hybridized carbons (Fsp3) is 0.533. The molecule has 0 amide bonds. The second kappa shape index (κ2) is 11.7. The maximum absolute atomic E-state index is 4.77. The highest BCUT2D eigenvalue weighted by Crippen LogP contribution is 2.61. The highest BCUT2D eigenvalue weighted by Gasteiger charge is 2.36. The van der Waals surface area contributed by atoms with Gasteiger partial charge in [-0.3, -0.25) is 19.9 Å². The summed E-state index contributed by atoms with van der Waals surface area (Å²) in [6.45, 7) is 29.7. The number of nitrogens with zero attached hydrogens (tertiary/aromatic N) is 4. The molecule has 0 unspecified atom stereocenters. The average Bonchev–Trinajstić information content (AvgIpc) is 2.79. The molecule has 8 heteroatoms. The summed E-state index contributed by atoms with van der Waals surface area (Å²) >= 11 is 0. The third-order valence-corrected chi connectivity index (χ3v) is 17.3. The van der Waals surface area contributed by atoms with Crippen molar-refractivity contribution in [1.29, 1.82) is 0 Å². The van der Waals surface area contributed by atoms with Crippen LogP contribution in [0.3, 0.4) is 0 Å². The molecule has 2 heterocycles. The summed E-state index contributed by atoms with van der Waals surface area (Å²) in [5.74, 6) is 0. The van der Waals surface area contributed by atoms with Gasteiger partial charge in [0.2, 0.25) is 0 Å². The Hall–Kier alpha value is -1.33. The lowest BCUT2D eigenvalue weighted by Crippen LogP contribution is -2.56. The van der Waals surface area contributed by atoms with E-state index < -0.39 is 24.1 Å². The van der Waals surface area contributed by atoms with Gasteiger partial charge < -0.3 is 0 Å². The smallest absolute Gasteiger partial charge is 0.0877 e. The van der Waals surface area contributed by atoms with Gasteiger partial charge in [-0.15, -0.1) is 0 Å². The van der Waals surface area contributed by atoms with Crippen LogP contribution < -0.4 is 21.2 Å². The van der Waals surface area contributed by atoms with Crippen molar-refractivity contribution in [2.75, 3.05) is 0 Å². The summed E-state index contributed by atoms with van der Waals surface area (Å²) in [5.41, 5.74) is 5.06. The Labute approximate surface area is 236 Å². The molecule has 1 aromatic carbocycles. The topological polar surface area (TPSA) is 51.6 Å². The standard InChI is InChI=1S/C30H48N4P2Si2/c1-29(2,3)36(30(4,5)6)22-24-18-26(38(10,11)12)25(37(7,8)9)17-23(24)21-35(27-19-31-13-15-33-27)28-20-32-14-16-34-28/h13-20H,21-22H2,1-12H3. The molecule has 38 heavy (non-hydrogen) atoms. The second-order valence-electron chi connectivity index (χ2n) is 14.3. The molecule has 0 N–H and O–H groups in total. The molecule has 0 spiro atoms. The van der Waals surface area contributed by atoms with E-state index >= 15 is 0 Å². The monoisotopic (exact) mass is 582 g/mol. The van der Waals surface area contributed by atoms with E-state index in [4.69, 9.17) is 9.97 Å². The van der Waals surface area contributed by atoms with Crippen molar-refractivity contribution >= 4 is 53.2 Å². The number of aromatic nitrogens is 4. The summed E-state index contributed by atoms with van der Waals surface area (Å²) in [4.78, 5) is 18.4. The molecule has 0 saturated heterocycles. The van der Waals surface area contributed by atoms with E-state index in [-0.39, 0.29) is 18.2 Å². The molecule has 0 radical (unpaired) electrons. The van der Waals surface area contributed by atoms with Crippen LogP contribution in [0.2, 0.25) is 39.3 Å². The van der Waals surface area contributed by atoms with Gasteiger partial charge in [0.25, 0.3) is 0 Å². The lowest BCUT2D eigenvalue weighted by atomic mass is 10.1. The molecule has 3 rings (SSSR count).